The number of H-pyrrole nitrogens is 1. The Morgan fingerprint density at radius 3 is 2.75 bits per heavy atom. The van der Waals surface area contributed by atoms with E-state index in [0.29, 0.717) is 0 Å². The molecule has 128 valence electrons. The highest BCUT2D eigenvalue weighted by Crippen LogP contribution is 2.24. The number of amides is 1. The van der Waals surface area contributed by atoms with Crippen molar-refractivity contribution in [1.29, 1.82) is 0 Å². The second-order valence-electron chi connectivity index (χ2n) is 5.57. The lowest BCUT2D eigenvalue weighted by atomic mass is 10.0. The lowest BCUT2D eigenvalue weighted by Crippen LogP contribution is -2.18. The monoisotopic (exact) mass is 347 g/mol. The number of benzene rings is 1. The van der Waals surface area contributed by atoms with Crippen molar-refractivity contribution in [3.8, 4) is 5.88 Å². The third-order valence-electron chi connectivity index (χ3n) is 3.78. The SMILES string of the molecule is CCC(C)c1c(O)nc(SCC(=O)Nc2ccccc2C)[nH]c1=O. The molecular weight excluding hydrogens is 326 g/mol. The maximum atomic E-state index is 12.1. The molecule has 0 aliphatic carbocycles. The van der Waals surface area contributed by atoms with Gasteiger partial charge in [-0.05, 0) is 30.9 Å². The molecular formula is C17H21N3O3S. The molecule has 0 radical (unpaired) electrons. The van der Waals surface area contributed by atoms with E-state index in [-0.39, 0.29) is 39.7 Å². The van der Waals surface area contributed by atoms with Crippen LogP contribution in [-0.4, -0.2) is 26.7 Å². The molecule has 0 aliphatic heterocycles. The Morgan fingerprint density at radius 2 is 2.12 bits per heavy atom. The van der Waals surface area contributed by atoms with Crippen LogP contribution in [0.3, 0.4) is 0 Å². The van der Waals surface area contributed by atoms with E-state index in [2.05, 4.69) is 15.3 Å². The molecule has 1 unspecified atom stereocenters. The van der Waals surface area contributed by atoms with E-state index >= 15 is 0 Å². The molecule has 1 atom stereocenters. The summed E-state index contributed by atoms with van der Waals surface area (Å²) in [5.74, 6) is -0.471. The lowest BCUT2D eigenvalue weighted by molar-refractivity contribution is -0.113. The topological polar surface area (TPSA) is 95.1 Å². The van der Waals surface area contributed by atoms with Crippen LogP contribution >= 0.6 is 11.8 Å². The number of hydrogen-bond acceptors (Lipinski definition) is 5. The van der Waals surface area contributed by atoms with E-state index in [0.717, 1.165) is 29.4 Å². The smallest absolute Gasteiger partial charge is 0.258 e. The first kappa shape index (κ1) is 18.1. The third kappa shape index (κ3) is 4.38. The first-order valence-electron chi connectivity index (χ1n) is 7.73. The summed E-state index contributed by atoms with van der Waals surface area (Å²) in [5, 5.41) is 13.0. The average molecular weight is 347 g/mol. The van der Waals surface area contributed by atoms with E-state index < -0.39 is 0 Å². The molecule has 0 saturated carbocycles. The number of hydrogen-bond donors (Lipinski definition) is 3. The minimum absolute atomic E-state index is 0.0790. The van der Waals surface area contributed by atoms with Crippen LogP contribution in [0.2, 0.25) is 0 Å². The molecule has 0 aliphatic rings. The molecule has 0 saturated heterocycles. The number of thioether (sulfide) groups is 1. The molecule has 1 aromatic heterocycles. The Kier molecular flexibility index (Phi) is 6.03. The average Bonchev–Trinajstić information content (AvgIpc) is 2.54. The first-order valence-corrected chi connectivity index (χ1v) is 8.72. The van der Waals surface area contributed by atoms with E-state index in [4.69, 9.17) is 0 Å². The van der Waals surface area contributed by atoms with Crippen LogP contribution in [0, 0.1) is 6.92 Å². The van der Waals surface area contributed by atoms with Crippen molar-refractivity contribution < 1.29 is 9.90 Å². The van der Waals surface area contributed by atoms with Crippen molar-refractivity contribution >= 4 is 23.4 Å². The van der Waals surface area contributed by atoms with Crippen LogP contribution < -0.4 is 10.9 Å². The van der Waals surface area contributed by atoms with E-state index in [1.54, 1.807) is 0 Å². The summed E-state index contributed by atoms with van der Waals surface area (Å²) in [5.41, 5.74) is 1.64. The van der Waals surface area contributed by atoms with E-state index in [1.807, 2.05) is 45.0 Å². The van der Waals surface area contributed by atoms with Crippen LogP contribution in [0.1, 0.15) is 37.3 Å². The number of nitrogens with one attached hydrogen (secondary N) is 2. The van der Waals surface area contributed by atoms with Crippen LogP contribution in [0.4, 0.5) is 5.69 Å². The summed E-state index contributed by atoms with van der Waals surface area (Å²) in [6.45, 7) is 5.70. The van der Waals surface area contributed by atoms with Crippen molar-refractivity contribution in [1.82, 2.24) is 9.97 Å². The molecule has 2 rings (SSSR count). The second-order valence-corrected chi connectivity index (χ2v) is 6.53. The quantitative estimate of drug-likeness (QED) is 0.551. The van der Waals surface area contributed by atoms with Gasteiger partial charge in [-0.1, -0.05) is 43.8 Å². The minimum Gasteiger partial charge on any atom is -0.493 e. The summed E-state index contributed by atoms with van der Waals surface area (Å²) in [6.07, 6.45) is 0.726. The number of carbonyl (C=O) groups excluding carboxylic acids is 1. The highest BCUT2D eigenvalue weighted by Gasteiger charge is 2.17. The normalized spacial score (nSPS) is 12.0. The predicted octanol–water partition coefficient (Wildman–Crippen LogP) is 3.03. The largest absolute Gasteiger partial charge is 0.493 e. The molecule has 0 fully saturated rings. The van der Waals surface area contributed by atoms with Gasteiger partial charge in [0.2, 0.25) is 11.8 Å². The number of aryl methyl sites for hydroxylation is 1. The second kappa shape index (κ2) is 8.01. The number of aromatic hydroxyl groups is 1. The zero-order chi connectivity index (χ0) is 17.7. The molecule has 3 N–H and O–H groups in total. The first-order chi connectivity index (χ1) is 11.4. The fraction of sp³-hybridized carbons (Fsp3) is 0.353. The van der Waals surface area contributed by atoms with Crippen molar-refractivity contribution in [3.05, 3.63) is 45.7 Å². The standard InChI is InChI=1S/C17H21N3O3S/c1-4-10(2)14-15(22)19-17(20-16(14)23)24-9-13(21)18-12-8-6-5-7-11(12)3/h5-8,10H,4,9H2,1-3H3,(H,18,21)(H2,19,20,22,23). The molecule has 7 heteroatoms. The van der Waals surface area contributed by atoms with E-state index in [9.17, 15) is 14.7 Å². The van der Waals surface area contributed by atoms with Crippen molar-refractivity contribution in [2.24, 2.45) is 0 Å². The maximum Gasteiger partial charge on any atom is 0.258 e. The summed E-state index contributed by atoms with van der Waals surface area (Å²) in [7, 11) is 0. The zero-order valence-corrected chi connectivity index (χ0v) is 14.7. The van der Waals surface area contributed by atoms with Gasteiger partial charge in [0.05, 0.1) is 11.3 Å². The predicted molar refractivity (Wildman–Crippen MR) is 95.8 cm³/mol. The molecule has 0 bridgehead atoms. The molecule has 2 aromatic rings. The van der Waals surface area contributed by atoms with Gasteiger partial charge in [-0.25, -0.2) is 0 Å². The van der Waals surface area contributed by atoms with E-state index in [1.165, 1.54) is 0 Å². The fourth-order valence-corrected chi connectivity index (χ4v) is 2.86. The Hall–Kier alpha value is -2.28. The van der Waals surface area contributed by atoms with Crippen molar-refractivity contribution in [2.45, 2.75) is 38.3 Å². The Bertz CT molecular complexity index is 789. The van der Waals surface area contributed by atoms with Crippen LogP contribution in [0.5, 0.6) is 5.88 Å². The molecule has 1 aromatic carbocycles. The highest BCUT2D eigenvalue weighted by molar-refractivity contribution is 7.99. The number of aromatic amines is 1. The van der Waals surface area contributed by atoms with Crippen molar-refractivity contribution in [2.75, 3.05) is 11.1 Å². The third-order valence-corrected chi connectivity index (χ3v) is 4.65. The van der Waals surface area contributed by atoms with Gasteiger partial charge in [-0.3, -0.25) is 9.59 Å². The van der Waals surface area contributed by atoms with Crippen LogP contribution in [0.25, 0.3) is 0 Å². The molecule has 1 amide bonds. The van der Waals surface area contributed by atoms with Gasteiger partial charge in [0, 0.05) is 5.69 Å². The molecule has 24 heavy (non-hydrogen) atoms. The minimum atomic E-state index is -0.362. The van der Waals surface area contributed by atoms with Crippen molar-refractivity contribution in [3.63, 3.8) is 0 Å². The summed E-state index contributed by atoms with van der Waals surface area (Å²) in [6, 6.07) is 7.48. The Morgan fingerprint density at radius 1 is 1.42 bits per heavy atom. The summed E-state index contributed by atoms with van der Waals surface area (Å²) < 4.78 is 0. The zero-order valence-electron chi connectivity index (χ0n) is 13.9. The molecule has 6 nitrogen and oxygen atoms in total. The van der Waals surface area contributed by atoms with Gasteiger partial charge in [0.25, 0.3) is 5.56 Å². The molecule has 1 heterocycles. The number of nitrogens with zero attached hydrogens (tertiary/aromatic N) is 1. The number of para-hydroxylation sites is 1. The van der Waals surface area contributed by atoms with Crippen LogP contribution in [-0.2, 0) is 4.79 Å². The van der Waals surface area contributed by atoms with Crippen LogP contribution in [0.15, 0.2) is 34.2 Å². The molecule has 0 spiro atoms. The van der Waals surface area contributed by atoms with Gasteiger partial charge in [0.1, 0.15) is 0 Å². The summed E-state index contributed by atoms with van der Waals surface area (Å²) >= 11 is 1.07. The number of carbonyl (C=O) groups is 1. The number of anilines is 1. The Balaban J connectivity index is 2.03. The highest BCUT2D eigenvalue weighted by atomic mass is 32.2. The maximum absolute atomic E-state index is 12.1. The fourth-order valence-electron chi connectivity index (χ4n) is 2.20. The Labute approximate surface area is 144 Å². The summed E-state index contributed by atoms with van der Waals surface area (Å²) in [4.78, 5) is 30.7. The number of aromatic nitrogens is 2. The van der Waals surface area contributed by atoms with Gasteiger partial charge in [-0.15, -0.1) is 0 Å². The van der Waals surface area contributed by atoms with Gasteiger partial charge in [0.15, 0.2) is 5.16 Å². The van der Waals surface area contributed by atoms with Gasteiger partial charge >= 0.3 is 0 Å². The lowest BCUT2D eigenvalue weighted by Gasteiger charge is -2.10. The van der Waals surface area contributed by atoms with Gasteiger partial charge in [-0.2, -0.15) is 4.98 Å². The van der Waals surface area contributed by atoms with Gasteiger partial charge < -0.3 is 15.4 Å². The number of rotatable bonds is 6.